The number of amides is 1. The normalized spacial score (nSPS) is 12.0. The summed E-state index contributed by atoms with van der Waals surface area (Å²) in [6.07, 6.45) is -1.18. The Bertz CT molecular complexity index is 710. The van der Waals surface area contributed by atoms with Crippen molar-refractivity contribution in [2.24, 2.45) is 5.73 Å². The highest BCUT2D eigenvalue weighted by Crippen LogP contribution is 2.18. The number of benzene rings is 1. The van der Waals surface area contributed by atoms with E-state index in [0.717, 1.165) is 11.4 Å². The summed E-state index contributed by atoms with van der Waals surface area (Å²) in [7, 11) is 0. The second-order valence-corrected chi connectivity index (χ2v) is 5.22. The molecule has 2 aromatic rings. The standard InChI is InChI=1S/C16H18FN3O3/c1-10-9-11(2)20(19-10)8-7-14(21)23-15(16(18)22)12-3-5-13(17)6-4-12/h3-6,9,15H,7-8H2,1-2H3,(H2,18,22)/t15-/m0/s1. The van der Waals surface area contributed by atoms with Gasteiger partial charge in [0.05, 0.1) is 18.7 Å². The molecule has 0 fully saturated rings. The number of aryl methyl sites for hydroxylation is 3. The Morgan fingerprint density at radius 3 is 2.48 bits per heavy atom. The fourth-order valence-corrected chi connectivity index (χ4v) is 2.22. The molecule has 23 heavy (non-hydrogen) atoms. The SMILES string of the molecule is Cc1cc(C)n(CCC(=O)O[C@H](C(N)=O)c2ccc(F)cc2)n1. The number of primary amides is 1. The lowest BCUT2D eigenvalue weighted by Gasteiger charge is -2.15. The minimum Gasteiger partial charge on any atom is -0.447 e. The van der Waals surface area contributed by atoms with E-state index < -0.39 is 23.8 Å². The predicted molar refractivity (Wildman–Crippen MR) is 80.7 cm³/mol. The van der Waals surface area contributed by atoms with Gasteiger partial charge in [-0.3, -0.25) is 14.3 Å². The van der Waals surface area contributed by atoms with Gasteiger partial charge in [0.2, 0.25) is 6.10 Å². The van der Waals surface area contributed by atoms with Gasteiger partial charge in [0.1, 0.15) is 5.82 Å². The van der Waals surface area contributed by atoms with E-state index in [-0.39, 0.29) is 6.42 Å². The zero-order valence-corrected chi connectivity index (χ0v) is 13.0. The number of carbonyl (C=O) groups excluding carboxylic acids is 2. The summed E-state index contributed by atoms with van der Waals surface area (Å²) >= 11 is 0. The highest BCUT2D eigenvalue weighted by molar-refractivity contribution is 5.83. The topological polar surface area (TPSA) is 87.2 Å². The van der Waals surface area contributed by atoms with Gasteiger partial charge < -0.3 is 10.5 Å². The molecule has 1 atom stereocenters. The molecule has 122 valence electrons. The van der Waals surface area contributed by atoms with Gasteiger partial charge in [0, 0.05) is 11.3 Å². The summed E-state index contributed by atoms with van der Waals surface area (Å²) in [6.45, 7) is 4.09. The number of aromatic nitrogens is 2. The van der Waals surface area contributed by atoms with Crippen LogP contribution in [0.5, 0.6) is 0 Å². The number of hydrogen-bond acceptors (Lipinski definition) is 4. The van der Waals surface area contributed by atoms with Crippen LogP contribution in [-0.2, 0) is 20.9 Å². The van der Waals surface area contributed by atoms with Gasteiger partial charge in [-0.2, -0.15) is 5.10 Å². The average Bonchev–Trinajstić information content (AvgIpc) is 2.81. The molecule has 0 aliphatic heterocycles. The lowest BCUT2D eigenvalue weighted by atomic mass is 10.1. The number of nitrogens with two attached hydrogens (primary N) is 1. The fourth-order valence-electron chi connectivity index (χ4n) is 2.22. The minimum absolute atomic E-state index is 0.0485. The quantitative estimate of drug-likeness (QED) is 0.822. The van der Waals surface area contributed by atoms with E-state index in [9.17, 15) is 14.0 Å². The van der Waals surface area contributed by atoms with E-state index in [1.165, 1.54) is 24.3 Å². The van der Waals surface area contributed by atoms with Crippen LogP contribution < -0.4 is 5.73 Å². The van der Waals surface area contributed by atoms with Crippen LogP contribution in [0.2, 0.25) is 0 Å². The number of halogens is 1. The third-order valence-corrected chi connectivity index (χ3v) is 3.31. The van der Waals surface area contributed by atoms with Gasteiger partial charge in [0.15, 0.2) is 0 Å². The highest BCUT2D eigenvalue weighted by atomic mass is 19.1. The molecule has 1 aromatic heterocycles. The number of carbonyl (C=O) groups is 2. The van der Waals surface area contributed by atoms with Crippen LogP contribution in [-0.4, -0.2) is 21.7 Å². The maximum atomic E-state index is 12.9. The van der Waals surface area contributed by atoms with E-state index >= 15 is 0 Å². The molecular weight excluding hydrogens is 301 g/mol. The number of nitrogens with zero attached hydrogens (tertiary/aromatic N) is 2. The third-order valence-electron chi connectivity index (χ3n) is 3.31. The second kappa shape index (κ2) is 7.04. The molecule has 0 aliphatic rings. The maximum Gasteiger partial charge on any atom is 0.308 e. The van der Waals surface area contributed by atoms with E-state index in [0.29, 0.717) is 12.1 Å². The Kier molecular flexibility index (Phi) is 5.10. The highest BCUT2D eigenvalue weighted by Gasteiger charge is 2.22. The first-order valence-corrected chi connectivity index (χ1v) is 7.12. The first-order valence-electron chi connectivity index (χ1n) is 7.12. The molecule has 0 aliphatic carbocycles. The van der Waals surface area contributed by atoms with Gasteiger partial charge >= 0.3 is 5.97 Å². The molecule has 0 spiro atoms. The second-order valence-electron chi connectivity index (χ2n) is 5.22. The first-order chi connectivity index (χ1) is 10.9. The zero-order chi connectivity index (χ0) is 17.0. The third kappa shape index (κ3) is 4.38. The van der Waals surface area contributed by atoms with Crippen molar-refractivity contribution in [2.45, 2.75) is 32.9 Å². The molecule has 0 saturated carbocycles. The number of rotatable bonds is 6. The smallest absolute Gasteiger partial charge is 0.308 e. The predicted octanol–water partition coefficient (Wildman–Crippen LogP) is 1.80. The van der Waals surface area contributed by atoms with Crippen molar-refractivity contribution in [1.82, 2.24) is 9.78 Å². The van der Waals surface area contributed by atoms with Crippen molar-refractivity contribution in [1.29, 1.82) is 0 Å². The Morgan fingerprint density at radius 1 is 1.30 bits per heavy atom. The van der Waals surface area contributed by atoms with Gasteiger partial charge in [-0.15, -0.1) is 0 Å². The van der Waals surface area contributed by atoms with Crippen molar-refractivity contribution in [2.75, 3.05) is 0 Å². The van der Waals surface area contributed by atoms with Crippen LogP contribution in [0.15, 0.2) is 30.3 Å². The molecule has 1 heterocycles. The molecule has 2 N–H and O–H groups in total. The van der Waals surface area contributed by atoms with Crippen molar-refractivity contribution in [3.63, 3.8) is 0 Å². The molecule has 2 rings (SSSR count). The van der Waals surface area contributed by atoms with Crippen molar-refractivity contribution in [3.05, 3.63) is 53.1 Å². The summed E-state index contributed by atoms with van der Waals surface area (Å²) < 4.78 is 19.7. The molecule has 0 unspecified atom stereocenters. The van der Waals surface area contributed by atoms with E-state index in [1.54, 1.807) is 4.68 Å². The van der Waals surface area contributed by atoms with Crippen LogP contribution in [0, 0.1) is 19.7 Å². The molecule has 1 amide bonds. The lowest BCUT2D eigenvalue weighted by Crippen LogP contribution is -2.26. The van der Waals surface area contributed by atoms with Gasteiger partial charge in [-0.1, -0.05) is 12.1 Å². The van der Waals surface area contributed by atoms with Crippen LogP contribution in [0.4, 0.5) is 4.39 Å². The molecule has 1 aromatic carbocycles. The summed E-state index contributed by atoms with van der Waals surface area (Å²) in [5.74, 6) is -1.84. The van der Waals surface area contributed by atoms with Gasteiger partial charge in [-0.05, 0) is 32.0 Å². The summed E-state index contributed by atoms with van der Waals surface area (Å²) in [6, 6.07) is 6.97. The van der Waals surface area contributed by atoms with Crippen LogP contribution >= 0.6 is 0 Å². The van der Waals surface area contributed by atoms with E-state index in [1.807, 2.05) is 19.9 Å². The van der Waals surface area contributed by atoms with Gasteiger partial charge in [0.25, 0.3) is 5.91 Å². The molecule has 0 radical (unpaired) electrons. The number of ether oxygens (including phenoxy) is 1. The summed E-state index contributed by atoms with van der Waals surface area (Å²) in [5, 5.41) is 4.24. The van der Waals surface area contributed by atoms with Crippen molar-refractivity contribution >= 4 is 11.9 Å². The molecular formula is C16H18FN3O3. The monoisotopic (exact) mass is 319 g/mol. The molecule has 0 saturated heterocycles. The largest absolute Gasteiger partial charge is 0.447 e. The lowest BCUT2D eigenvalue weighted by molar-refractivity contribution is -0.155. The Morgan fingerprint density at radius 2 is 1.96 bits per heavy atom. The molecule has 7 heteroatoms. The molecule has 6 nitrogen and oxygen atoms in total. The minimum atomic E-state index is -1.23. The Balaban J connectivity index is 1.99. The van der Waals surface area contributed by atoms with Gasteiger partial charge in [-0.25, -0.2) is 4.39 Å². The van der Waals surface area contributed by atoms with E-state index in [2.05, 4.69) is 5.10 Å². The number of esters is 1. The first kappa shape index (κ1) is 16.7. The van der Waals surface area contributed by atoms with Crippen LogP contribution in [0.3, 0.4) is 0 Å². The average molecular weight is 319 g/mol. The van der Waals surface area contributed by atoms with Crippen molar-refractivity contribution in [3.8, 4) is 0 Å². The number of hydrogen-bond donors (Lipinski definition) is 1. The zero-order valence-electron chi connectivity index (χ0n) is 13.0. The fraction of sp³-hybridized carbons (Fsp3) is 0.312. The van der Waals surface area contributed by atoms with Crippen molar-refractivity contribution < 1.29 is 18.7 Å². The Labute approximate surface area is 133 Å². The Hall–Kier alpha value is -2.70. The van der Waals surface area contributed by atoms with Crippen LogP contribution in [0.1, 0.15) is 29.5 Å². The molecule has 0 bridgehead atoms. The van der Waals surface area contributed by atoms with Crippen LogP contribution in [0.25, 0.3) is 0 Å². The van der Waals surface area contributed by atoms with E-state index in [4.69, 9.17) is 10.5 Å². The summed E-state index contributed by atoms with van der Waals surface area (Å²) in [5.41, 5.74) is 7.38. The summed E-state index contributed by atoms with van der Waals surface area (Å²) in [4.78, 5) is 23.4. The maximum absolute atomic E-state index is 12.9.